The average Bonchev–Trinajstić information content (AvgIpc) is 2.26. The Hall–Kier alpha value is -0.960. The number of benzene rings is 1. The molecule has 0 amide bonds. The van der Waals surface area contributed by atoms with Gasteiger partial charge in [0, 0.05) is 11.6 Å². The lowest BCUT2D eigenvalue weighted by molar-refractivity contribution is 0.0105. The molecule has 1 aromatic rings. The highest BCUT2D eigenvalue weighted by Gasteiger charge is 2.25. The van der Waals surface area contributed by atoms with Crippen molar-refractivity contribution in [1.82, 2.24) is 0 Å². The molecule has 0 fully saturated rings. The lowest BCUT2D eigenvalue weighted by atomic mass is 9.96. The van der Waals surface area contributed by atoms with E-state index in [-0.39, 0.29) is 6.54 Å². The Morgan fingerprint density at radius 1 is 1.60 bits per heavy atom. The Morgan fingerprint density at radius 2 is 2.33 bits per heavy atom. The fourth-order valence-corrected chi connectivity index (χ4v) is 1.67. The summed E-state index contributed by atoms with van der Waals surface area (Å²) in [6.45, 7) is 2.15. The van der Waals surface area contributed by atoms with Crippen molar-refractivity contribution in [2.45, 2.75) is 12.5 Å². The Morgan fingerprint density at radius 3 is 2.87 bits per heavy atom. The molecular formula is C11H12BrNO2. The normalized spacial score (nSPS) is 14.1. The SMILES string of the molecule is COC(C)(CN=C=O)c1cccc(Br)c1. The molecule has 0 aromatic heterocycles. The number of hydrogen-bond acceptors (Lipinski definition) is 3. The highest BCUT2D eigenvalue weighted by molar-refractivity contribution is 9.10. The van der Waals surface area contributed by atoms with Gasteiger partial charge in [0.25, 0.3) is 0 Å². The average molecular weight is 270 g/mol. The van der Waals surface area contributed by atoms with Crippen molar-refractivity contribution >= 4 is 22.0 Å². The maximum Gasteiger partial charge on any atom is 0.235 e. The van der Waals surface area contributed by atoms with Crippen LogP contribution in [-0.4, -0.2) is 19.7 Å². The van der Waals surface area contributed by atoms with Crippen molar-refractivity contribution in [3.05, 3.63) is 34.3 Å². The molecule has 0 saturated carbocycles. The number of nitrogens with zero attached hydrogens (tertiary/aromatic N) is 1. The fraction of sp³-hybridized carbons (Fsp3) is 0.364. The van der Waals surface area contributed by atoms with E-state index in [1.54, 1.807) is 7.11 Å². The maximum absolute atomic E-state index is 10.1. The van der Waals surface area contributed by atoms with E-state index in [1.807, 2.05) is 31.2 Å². The fourth-order valence-electron chi connectivity index (χ4n) is 1.27. The van der Waals surface area contributed by atoms with E-state index in [0.29, 0.717) is 0 Å². The second-order valence-electron chi connectivity index (χ2n) is 3.35. The van der Waals surface area contributed by atoms with E-state index >= 15 is 0 Å². The van der Waals surface area contributed by atoms with Gasteiger partial charge >= 0.3 is 0 Å². The van der Waals surface area contributed by atoms with Gasteiger partial charge in [-0.3, -0.25) is 0 Å². The molecule has 0 aliphatic rings. The summed E-state index contributed by atoms with van der Waals surface area (Å²) in [6.07, 6.45) is 1.53. The summed E-state index contributed by atoms with van der Waals surface area (Å²) in [5.74, 6) is 0. The molecular weight excluding hydrogens is 258 g/mol. The predicted molar refractivity (Wildman–Crippen MR) is 61.5 cm³/mol. The number of carbonyl (C=O) groups excluding carboxylic acids is 1. The molecule has 1 unspecified atom stereocenters. The van der Waals surface area contributed by atoms with E-state index in [0.717, 1.165) is 10.0 Å². The first-order chi connectivity index (χ1) is 7.12. The Labute approximate surface area is 97.3 Å². The van der Waals surface area contributed by atoms with E-state index in [1.165, 1.54) is 6.08 Å². The number of halogens is 1. The zero-order valence-electron chi connectivity index (χ0n) is 8.66. The minimum atomic E-state index is -0.582. The monoisotopic (exact) mass is 269 g/mol. The van der Waals surface area contributed by atoms with Crippen LogP contribution in [0.4, 0.5) is 0 Å². The van der Waals surface area contributed by atoms with Crippen molar-refractivity contribution in [3.63, 3.8) is 0 Å². The first kappa shape index (κ1) is 12.1. The molecule has 0 N–H and O–H groups in total. The van der Waals surface area contributed by atoms with Gasteiger partial charge in [0.2, 0.25) is 6.08 Å². The molecule has 4 heteroatoms. The summed E-state index contributed by atoms with van der Waals surface area (Å²) < 4.78 is 6.36. The molecule has 1 rings (SSSR count). The van der Waals surface area contributed by atoms with Gasteiger partial charge < -0.3 is 4.74 Å². The first-order valence-electron chi connectivity index (χ1n) is 4.47. The van der Waals surface area contributed by atoms with Crippen molar-refractivity contribution in [3.8, 4) is 0 Å². The molecule has 1 atom stereocenters. The number of methoxy groups -OCH3 is 1. The van der Waals surface area contributed by atoms with Crippen LogP contribution >= 0.6 is 15.9 Å². The Kier molecular flexibility index (Phi) is 4.21. The van der Waals surface area contributed by atoms with Gasteiger partial charge in [0.15, 0.2) is 0 Å². The molecule has 1 aromatic carbocycles. The van der Waals surface area contributed by atoms with Crippen LogP contribution in [0, 0.1) is 0 Å². The summed E-state index contributed by atoms with van der Waals surface area (Å²) in [5.41, 5.74) is 0.389. The smallest absolute Gasteiger partial charge is 0.235 e. The van der Waals surface area contributed by atoms with E-state index in [2.05, 4.69) is 20.9 Å². The van der Waals surface area contributed by atoms with E-state index in [4.69, 9.17) is 4.74 Å². The summed E-state index contributed by atoms with van der Waals surface area (Å²) in [6, 6.07) is 7.74. The highest BCUT2D eigenvalue weighted by Crippen LogP contribution is 2.27. The van der Waals surface area contributed by atoms with Crippen LogP contribution in [0.2, 0.25) is 0 Å². The number of isocyanates is 1. The summed E-state index contributed by atoms with van der Waals surface area (Å²) in [5, 5.41) is 0. The number of hydrogen-bond donors (Lipinski definition) is 0. The Balaban J connectivity index is 3.04. The molecule has 3 nitrogen and oxygen atoms in total. The third kappa shape index (κ3) is 2.99. The van der Waals surface area contributed by atoms with E-state index in [9.17, 15) is 4.79 Å². The summed E-state index contributed by atoms with van der Waals surface area (Å²) in [7, 11) is 1.60. The number of ether oxygens (including phenoxy) is 1. The quantitative estimate of drug-likeness (QED) is 0.623. The van der Waals surface area contributed by atoms with Gasteiger partial charge in [-0.1, -0.05) is 28.1 Å². The molecule has 0 radical (unpaired) electrons. The molecule has 0 heterocycles. The van der Waals surface area contributed by atoms with Gasteiger partial charge in [-0.2, -0.15) is 0 Å². The highest BCUT2D eigenvalue weighted by atomic mass is 79.9. The first-order valence-corrected chi connectivity index (χ1v) is 5.26. The van der Waals surface area contributed by atoms with Gasteiger partial charge in [-0.05, 0) is 24.6 Å². The second-order valence-corrected chi connectivity index (χ2v) is 4.27. The minimum Gasteiger partial charge on any atom is -0.372 e. The van der Waals surface area contributed by atoms with Crippen LogP contribution in [0.25, 0.3) is 0 Å². The topological polar surface area (TPSA) is 38.7 Å². The van der Waals surface area contributed by atoms with Gasteiger partial charge in [-0.25, -0.2) is 9.79 Å². The molecule has 0 spiro atoms. The van der Waals surface area contributed by atoms with Gasteiger partial charge in [-0.15, -0.1) is 0 Å². The molecule has 0 aliphatic heterocycles. The zero-order valence-corrected chi connectivity index (χ0v) is 10.2. The largest absolute Gasteiger partial charge is 0.372 e. The minimum absolute atomic E-state index is 0.267. The van der Waals surface area contributed by atoms with Crippen molar-refractivity contribution < 1.29 is 9.53 Å². The number of rotatable bonds is 4. The molecule has 0 saturated heterocycles. The Bertz CT molecular complexity index is 388. The second kappa shape index (κ2) is 5.21. The van der Waals surface area contributed by atoms with Crippen LogP contribution in [0.3, 0.4) is 0 Å². The van der Waals surface area contributed by atoms with Crippen LogP contribution in [0.15, 0.2) is 33.7 Å². The molecule has 15 heavy (non-hydrogen) atoms. The van der Waals surface area contributed by atoms with Crippen molar-refractivity contribution in [2.24, 2.45) is 4.99 Å². The third-order valence-electron chi connectivity index (χ3n) is 2.33. The van der Waals surface area contributed by atoms with Crippen molar-refractivity contribution in [2.75, 3.05) is 13.7 Å². The lowest BCUT2D eigenvalue weighted by Gasteiger charge is -2.26. The summed E-state index contributed by atoms with van der Waals surface area (Å²) in [4.78, 5) is 13.7. The lowest BCUT2D eigenvalue weighted by Crippen LogP contribution is -2.28. The summed E-state index contributed by atoms with van der Waals surface area (Å²) >= 11 is 3.39. The predicted octanol–water partition coefficient (Wildman–Crippen LogP) is 2.65. The standard InChI is InChI=1S/C11H12BrNO2/c1-11(15-2,7-13-8-14)9-4-3-5-10(12)6-9/h3-6H,7H2,1-2H3. The van der Waals surface area contributed by atoms with Crippen LogP contribution in [0.5, 0.6) is 0 Å². The molecule has 0 aliphatic carbocycles. The third-order valence-corrected chi connectivity index (χ3v) is 2.82. The maximum atomic E-state index is 10.1. The number of aliphatic imine (C=N–C) groups is 1. The molecule has 0 bridgehead atoms. The zero-order chi connectivity index (χ0) is 11.3. The van der Waals surface area contributed by atoms with Crippen LogP contribution in [0.1, 0.15) is 12.5 Å². The van der Waals surface area contributed by atoms with Gasteiger partial charge in [0.05, 0.1) is 6.54 Å². The van der Waals surface area contributed by atoms with Gasteiger partial charge in [0.1, 0.15) is 5.60 Å². The van der Waals surface area contributed by atoms with Crippen LogP contribution < -0.4 is 0 Å². The van der Waals surface area contributed by atoms with Crippen LogP contribution in [-0.2, 0) is 15.1 Å². The van der Waals surface area contributed by atoms with Crippen molar-refractivity contribution in [1.29, 1.82) is 0 Å². The molecule has 80 valence electrons. The van der Waals surface area contributed by atoms with E-state index < -0.39 is 5.60 Å².